The molecule has 0 saturated carbocycles. The number of benzene rings is 2. The van der Waals surface area contributed by atoms with E-state index in [2.05, 4.69) is 44.0 Å². The van der Waals surface area contributed by atoms with Gasteiger partial charge in [-0.25, -0.2) is 5.43 Å². The molecule has 2 aromatic carbocycles. The van der Waals surface area contributed by atoms with Crippen molar-refractivity contribution in [2.75, 3.05) is 6.61 Å². The van der Waals surface area contributed by atoms with Crippen LogP contribution in [-0.4, -0.2) is 23.3 Å². The molecule has 1 N–H and O–H groups in total. The highest BCUT2D eigenvalue weighted by Crippen LogP contribution is 2.26. The summed E-state index contributed by atoms with van der Waals surface area (Å²) in [6, 6.07) is 17.2. The van der Waals surface area contributed by atoms with E-state index < -0.39 is 0 Å². The Balaban J connectivity index is 1.70. The average Bonchev–Trinajstić information content (AvgIpc) is 3.00. The molecule has 0 saturated heterocycles. The molecule has 6 heteroatoms. The van der Waals surface area contributed by atoms with E-state index in [9.17, 15) is 4.79 Å². The predicted molar refractivity (Wildman–Crippen MR) is 120 cm³/mol. The Morgan fingerprint density at radius 1 is 1.17 bits per heavy atom. The third-order valence-corrected chi connectivity index (χ3v) is 5.19. The van der Waals surface area contributed by atoms with E-state index in [-0.39, 0.29) is 5.91 Å². The maximum Gasteiger partial charge on any atom is 0.271 e. The average molecular weight is 454 g/mol. The molecular weight excluding hydrogens is 430 g/mol. The van der Waals surface area contributed by atoms with Crippen molar-refractivity contribution in [1.82, 2.24) is 9.99 Å². The van der Waals surface area contributed by atoms with Crippen LogP contribution in [0.2, 0.25) is 0 Å². The SMILES string of the molecule is CCCOc1ccc(C(=O)N/N=C\c2cc(C)n(-c3ccccc3Br)c2C)cc1. The van der Waals surface area contributed by atoms with Crippen molar-refractivity contribution in [2.24, 2.45) is 5.10 Å². The molecule has 0 spiro atoms. The topological polar surface area (TPSA) is 55.6 Å². The molecule has 0 aliphatic rings. The summed E-state index contributed by atoms with van der Waals surface area (Å²) in [5.74, 6) is 0.495. The first kappa shape index (κ1) is 20.9. The van der Waals surface area contributed by atoms with Crippen LogP contribution in [0, 0.1) is 13.8 Å². The Bertz CT molecular complexity index is 1020. The summed E-state index contributed by atoms with van der Waals surface area (Å²) in [6.45, 7) is 6.79. The van der Waals surface area contributed by atoms with Crippen molar-refractivity contribution >= 4 is 28.1 Å². The number of hydrazone groups is 1. The second-order valence-electron chi connectivity index (χ2n) is 6.69. The second-order valence-corrected chi connectivity index (χ2v) is 7.54. The van der Waals surface area contributed by atoms with Gasteiger partial charge in [-0.3, -0.25) is 4.79 Å². The van der Waals surface area contributed by atoms with Crippen molar-refractivity contribution in [3.05, 3.63) is 81.6 Å². The highest BCUT2D eigenvalue weighted by Gasteiger charge is 2.11. The van der Waals surface area contributed by atoms with Crippen LogP contribution in [0.25, 0.3) is 5.69 Å². The maximum absolute atomic E-state index is 12.3. The summed E-state index contributed by atoms with van der Waals surface area (Å²) in [5.41, 5.74) is 7.27. The second kappa shape index (κ2) is 9.56. The first-order chi connectivity index (χ1) is 14.0. The number of nitrogens with zero attached hydrogens (tertiary/aromatic N) is 2. The van der Waals surface area contributed by atoms with Gasteiger partial charge in [0.15, 0.2) is 0 Å². The number of aromatic nitrogens is 1. The van der Waals surface area contributed by atoms with Gasteiger partial charge in [-0.1, -0.05) is 19.1 Å². The van der Waals surface area contributed by atoms with Gasteiger partial charge in [0.1, 0.15) is 5.75 Å². The molecule has 3 rings (SSSR count). The number of ether oxygens (including phenoxy) is 1. The van der Waals surface area contributed by atoms with Gasteiger partial charge in [-0.05, 0) is 78.7 Å². The number of carbonyl (C=O) groups is 1. The van der Waals surface area contributed by atoms with Gasteiger partial charge >= 0.3 is 0 Å². The third kappa shape index (κ3) is 4.95. The summed E-state index contributed by atoms with van der Waals surface area (Å²) in [5, 5.41) is 4.14. The van der Waals surface area contributed by atoms with E-state index in [4.69, 9.17) is 4.74 Å². The summed E-state index contributed by atoms with van der Waals surface area (Å²) in [4.78, 5) is 12.3. The van der Waals surface area contributed by atoms with Crippen LogP contribution in [0.15, 0.2) is 64.2 Å². The Hall–Kier alpha value is -2.86. The molecule has 0 radical (unpaired) electrons. The first-order valence-corrected chi connectivity index (χ1v) is 10.3. The van der Waals surface area contributed by atoms with Crippen molar-refractivity contribution in [3.63, 3.8) is 0 Å². The monoisotopic (exact) mass is 453 g/mol. The van der Waals surface area contributed by atoms with Crippen LogP contribution >= 0.6 is 15.9 Å². The zero-order valence-corrected chi connectivity index (χ0v) is 18.4. The van der Waals surface area contributed by atoms with Crippen LogP contribution < -0.4 is 10.2 Å². The van der Waals surface area contributed by atoms with Crippen molar-refractivity contribution < 1.29 is 9.53 Å². The van der Waals surface area contributed by atoms with Crippen LogP contribution in [0.5, 0.6) is 5.75 Å². The highest BCUT2D eigenvalue weighted by atomic mass is 79.9. The number of hydrogen-bond acceptors (Lipinski definition) is 3. The largest absolute Gasteiger partial charge is 0.494 e. The van der Waals surface area contributed by atoms with E-state index in [1.165, 1.54) is 0 Å². The maximum atomic E-state index is 12.3. The number of para-hydroxylation sites is 1. The molecule has 0 fully saturated rings. The molecule has 29 heavy (non-hydrogen) atoms. The van der Waals surface area contributed by atoms with Gasteiger partial charge in [0.2, 0.25) is 0 Å². The zero-order chi connectivity index (χ0) is 20.8. The van der Waals surface area contributed by atoms with Gasteiger partial charge in [0.05, 0.1) is 18.5 Å². The summed E-state index contributed by atoms with van der Waals surface area (Å²) in [7, 11) is 0. The van der Waals surface area contributed by atoms with Crippen molar-refractivity contribution in [1.29, 1.82) is 0 Å². The van der Waals surface area contributed by atoms with Crippen LogP contribution in [-0.2, 0) is 0 Å². The molecule has 0 unspecified atom stereocenters. The normalized spacial score (nSPS) is 11.0. The molecule has 3 aromatic rings. The van der Waals surface area contributed by atoms with E-state index >= 15 is 0 Å². The summed E-state index contributed by atoms with van der Waals surface area (Å²) >= 11 is 3.61. The standard InChI is InChI=1S/C23H24BrN3O2/c1-4-13-29-20-11-9-18(10-12-20)23(28)26-25-15-19-14-16(2)27(17(19)3)22-8-6-5-7-21(22)24/h5-12,14-15H,4,13H2,1-3H3,(H,26,28)/b25-15-. The van der Waals surface area contributed by atoms with Gasteiger partial charge < -0.3 is 9.30 Å². The summed E-state index contributed by atoms with van der Waals surface area (Å²) < 4.78 is 8.71. The van der Waals surface area contributed by atoms with E-state index in [0.29, 0.717) is 12.2 Å². The number of amides is 1. The Kier molecular flexibility index (Phi) is 6.88. The molecule has 1 heterocycles. The lowest BCUT2D eigenvalue weighted by atomic mass is 10.2. The molecule has 0 bridgehead atoms. The third-order valence-electron chi connectivity index (χ3n) is 4.52. The van der Waals surface area contributed by atoms with Crippen molar-refractivity contribution in [3.8, 4) is 11.4 Å². The first-order valence-electron chi connectivity index (χ1n) is 9.51. The lowest BCUT2D eigenvalue weighted by Gasteiger charge is -2.11. The lowest BCUT2D eigenvalue weighted by Crippen LogP contribution is -2.17. The number of aryl methyl sites for hydroxylation is 1. The van der Waals surface area contributed by atoms with Crippen LogP contribution in [0.4, 0.5) is 0 Å². The van der Waals surface area contributed by atoms with Gasteiger partial charge in [-0.2, -0.15) is 5.10 Å². The lowest BCUT2D eigenvalue weighted by molar-refractivity contribution is 0.0955. The Morgan fingerprint density at radius 3 is 2.59 bits per heavy atom. The van der Waals surface area contributed by atoms with Gasteiger partial charge in [-0.15, -0.1) is 0 Å². The molecule has 150 valence electrons. The highest BCUT2D eigenvalue weighted by molar-refractivity contribution is 9.10. The molecule has 0 aliphatic heterocycles. The van der Waals surface area contributed by atoms with Crippen LogP contribution in [0.1, 0.15) is 40.7 Å². The van der Waals surface area contributed by atoms with Gasteiger partial charge in [0, 0.05) is 27.0 Å². The molecule has 1 aromatic heterocycles. The molecular formula is C23H24BrN3O2. The molecule has 5 nitrogen and oxygen atoms in total. The molecule has 1 amide bonds. The molecule has 0 aliphatic carbocycles. The van der Waals surface area contributed by atoms with Gasteiger partial charge in [0.25, 0.3) is 5.91 Å². The zero-order valence-electron chi connectivity index (χ0n) is 16.8. The van der Waals surface area contributed by atoms with Crippen LogP contribution in [0.3, 0.4) is 0 Å². The quantitative estimate of drug-likeness (QED) is 0.384. The van der Waals surface area contributed by atoms with E-state index in [1.807, 2.05) is 38.1 Å². The minimum atomic E-state index is -0.261. The van der Waals surface area contributed by atoms with Crippen molar-refractivity contribution in [2.45, 2.75) is 27.2 Å². The number of rotatable bonds is 7. The number of carbonyl (C=O) groups excluding carboxylic acids is 1. The fourth-order valence-electron chi connectivity index (χ4n) is 3.07. The fourth-order valence-corrected chi connectivity index (χ4v) is 3.53. The van der Waals surface area contributed by atoms with E-state index in [0.717, 1.165) is 39.3 Å². The fraction of sp³-hybridized carbons (Fsp3) is 0.217. The smallest absolute Gasteiger partial charge is 0.271 e. The minimum Gasteiger partial charge on any atom is -0.494 e. The Morgan fingerprint density at radius 2 is 1.90 bits per heavy atom. The number of hydrogen-bond donors (Lipinski definition) is 1. The number of halogens is 1. The minimum absolute atomic E-state index is 0.261. The number of nitrogens with one attached hydrogen (secondary N) is 1. The van der Waals surface area contributed by atoms with E-state index in [1.54, 1.807) is 30.5 Å². The predicted octanol–water partition coefficient (Wildman–Crippen LogP) is 5.41. The Labute approximate surface area is 179 Å². The summed E-state index contributed by atoms with van der Waals surface area (Å²) in [6.07, 6.45) is 2.62. The molecule has 0 atom stereocenters.